The van der Waals surface area contributed by atoms with E-state index in [1.165, 1.54) is 23.7 Å². The predicted octanol–water partition coefficient (Wildman–Crippen LogP) is 1.65. The molecule has 12 heteroatoms. The van der Waals surface area contributed by atoms with Crippen LogP contribution in [0.2, 0.25) is 5.02 Å². The van der Waals surface area contributed by atoms with E-state index >= 15 is 0 Å². The lowest BCUT2D eigenvalue weighted by molar-refractivity contribution is -0.136. The van der Waals surface area contributed by atoms with Crippen LogP contribution in [-0.2, 0) is 25.4 Å². The minimum absolute atomic E-state index is 0.0474. The highest BCUT2D eigenvalue weighted by Gasteiger charge is 2.35. The number of benzene rings is 1. The second-order valence-electron chi connectivity index (χ2n) is 10.5. The quantitative estimate of drug-likeness (QED) is 0.484. The number of nitrogens with zero attached hydrogens (tertiary/aromatic N) is 7. The van der Waals surface area contributed by atoms with Gasteiger partial charge in [0.05, 0.1) is 12.5 Å². The van der Waals surface area contributed by atoms with Crippen molar-refractivity contribution in [3.63, 3.8) is 0 Å². The zero-order valence-electron chi connectivity index (χ0n) is 22.2. The fraction of sp³-hybridized carbons (Fsp3) is 0.538. The minimum Gasteiger partial charge on any atom is -0.341 e. The Labute approximate surface area is 224 Å². The second-order valence-corrected chi connectivity index (χ2v) is 10.9. The number of carbonyl (C=O) groups is 1. The average molecular weight is 546 g/mol. The SMILES string of the molecule is CN1CCC(N(C)C(=O)C2CCCN(c3nc4c(c(=O)n(C)c(=O)n4C)n3Cc3c(F)cccc3Cl)C2)C1. The molecular formula is C26H33ClFN7O3. The number of piperidine rings is 1. The summed E-state index contributed by atoms with van der Waals surface area (Å²) in [5, 5.41) is 0.231. The number of aromatic nitrogens is 4. The lowest BCUT2D eigenvalue weighted by atomic mass is 9.96. The van der Waals surface area contributed by atoms with Crippen LogP contribution >= 0.6 is 11.6 Å². The van der Waals surface area contributed by atoms with Crippen molar-refractivity contribution in [2.45, 2.75) is 31.8 Å². The first kappa shape index (κ1) is 26.4. The van der Waals surface area contributed by atoms with Crippen LogP contribution in [0.5, 0.6) is 0 Å². The van der Waals surface area contributed by atoms with Crippen LogP contribution in [0, 0.1) is 11.7 Å². The normalized spacial score (nSPS) is 20.4. The minimum atomic E-state index is -0.524. The van der Waals surface area contributed by atoms with Gasteiger partial charge in [-0.25, -0.2) is 9.18 Å². The van der Waals surface area contributed by atoms with Gasteiger partial charge >= 0.3 is 5.69 Å². The number of fused-ring (bicyclic) bond motifs is 1. The lowest BCUT2D eigenvalue weighted by Crippen LogP contribution is -2.48. The summed E-state index contributed by atoms with van der Waals surface area (Å²) in [7, 11) is 6.89. The van der Waals surface area contributed by atoms with Gasteiger partial charge in [-0.1, -0.05) is 17.7 Å². The molecule has 0 bridgehead atoms. The molecule has 204 valence electrons. The summed E-state index contributed by atoms with van der Waals surface area (Å²) in [6.07, 6.45) is 2.46. The van der Waals surface area contributed by atoms with Crippen molar-refractivity contribution in [3.8, 4) is 0 Å². The zero-order chi connectivity index (χ0) is 27.3. The highest BCUT2D eigenvalue weighted by Crippen LogP contribution is 2.30. The zero-order valence-corrected chi connectivity index (χ0v) is 22.9. The first-order valence-electron chi connectivity index (χ1n) is 12.9. The van der Waals surface area contributed by atoms with Crippen molar-refractivity contribution in [2.75, 3.05) is 45.2 Å². The topological polar surface area (TPSA) is 88.6 Å². The number of amides is 1. The summed E-state index contributed by atoms with van der Waals surface area (Å²) in [6, 6.07) is 4.63. The van der Waals surface area contributed by atoms with Gasteiger partial charge in [0.2, 0.25) is 11.9 Å². The van der Waals surface area contributed by atoms with Crippen molar-refractivity contribution in [1.82, 2.24) is 28.5 Å². The molecule has 2 aliphatic rings. The van der Waals surface area contributed by atoms with Gasteiger partial charge in [-0.2, -0.15) is 4.98 Å². The maximum Gasteiger partial charge on any atom is 0.332 e. The van der Waals surface area contributed by atoms with Crippen LogP contribution in [0.3, 0.4) is 0 Å². The van der Waals surface area contributed by atoms with E-state index in [0.29, 0.717) is 19.0 Å². The number of imidazole rings is 1. The largest absolute Gasteiger partial charge is 0.341 e. The Morgan fingerprint density at radius 2 is 1.89 bits per heavy atom. The number of hydrogen-bond donors (Lipinski definition) is 0. The molecule has 38 heavy (non-hydrogen) atoms. The van der Waals surface area contributed by atoms with E-state index in [1.807, 2.05) is 16.8 Å². The smallest absolute Gasteiger partial charge is 0.332 e. The Morgan fingerprint density at radius 3 is 2.58 bits per heavy atom. The molecule has 1 amide bonds. The summed E-state index contributed by atoms with van der Waals surface area (Å²) in [6.45, 7) is 2.80. The van der Waals surface area contributed by atoms with Crippen LogP contribution in [0.1, 0.15) is 24.8 Å². The van der Waals surface area contributed by atoms with Gasteiger partial charge in [0.25, 0.3) is 5.56 Å². The number of halogens is 2. The molecule has 2 aromatic heterocycles. The molecule has 0 N–H and O–H groups in total. The van der Waals surface area contributed by atoms with Crippen molar-refractivity contribution in [3.05, 3.63) is 55.4 Å². The molecule has 5 rings (SSSR count). The van der Waals surface area contributed by atoms with Crippen LogP contribution in [0.25, 0.3) is 11.2 Å². The highest BCUT2D eigenvalue weighted by atomic mass is 35.5. The fourth-order valence-corrected chi connectivity index (χ4v) is 5.95. The molecular weight excluding hydrogens is 513 g/mol. The van der Waals surface area contributed by atoms with E-state index in [2.05, 4.69) is 11.9 Å². The Balaban J connectivity index is 1.56. The maximum absolute atomic E-state index is 14.8. The monoisotopic (exact) mass is 545 g/mol. The molecule has 2 fully saturated rings. The Bertz CT molecular complexity index is 1490. The van der Waals surface area contributed by atoms with Crippen molar-refractivity contribution < 1.29 is 9.18 Å². The van der Waals surface area contributed by atoms with Gasteiger partial charge in [0, 0.05) is 57.4 Å². The number of carbonyl (C=O) groups excluding carboxylic acids is 1. The van der Waals surface area contributed by atoms with E-state index in [0.717, 1.165) is 36.9 Å². The second kappa shape index (κ2) is 10.2. The summed E-state index contributed by atoms with van der Waals surface area (Å²) in [4.78, 5) is 50.2. The highest BCUT2D eigenvalue weighted by molar-refractivity contribution is 6.31. The summed E-state index contributed by atoms with van der Waals surface area (Å²) in [5.74, 6) is -0.227. The Morgan fingerprint density at radius 1 is 1.13 bits per heavy atom. The summed E-state index contributed by atoms with van der Waals surface area (Å²) in [5.41, 5.74) is -0.412. The van der Waals surface area contributed by atoms with Crippen molar-refractivity contribution >= 4 is 34.6 Å². The van der Waals surface area contributed by atoms with E-state index in [-0.39, 0.29) is 46.2 Å². The molecule has 10 nitrogen and oxygen atoms in total. The van der Waals surface area contributed by atoms with Gasteiger partial charge < -0.3 is 14.7 Å². The van der Waals surface area contributed by atoms with Gasteiger partial charge in [-0.3, -0.25) is 23.3 Å². The first-order chi connectivity index (χ1) is 18.1. The number of likely N-dealkylation sites (N-methyl/N-ethyl adjacent to an activating group) is 2. The number of aryl methyl sites for hydroxylation is 1. The van der Waals surface area contributed by atoms with Crippen LogP contribution in [-0.4, -0.2) is 80.7 Å². The number of hydrogen-bond acceptors (Lipinski definition) is 6. The molecule has 2 unspecified atom stereocenters. The van der Waals surface area contributed by atoms with E-state index < -0.39 is 17.1 Å². The average Bonchev–Trinajstić information content (AvgIpc) is 3.51. The Kier molecular flexibility index (Phi) is 7.08. The summed E-state index contributed by atoms with van der Waals surface area (Å²) >= 11 is 6.36. The van der Waals surface area contributed by atoms with Crippen LogP contribution < -0.4 is 16.1 Å². The first-order valence-corrected chi connectivity index (χ1v) is 13.3. The third-order valence-corrected chi connectivity index (χ3v) is 8.38. The molecule has 1 aromatic carbocycles. The van der Waals surface area contributed by atoms with E-state index in [4.69, 9.17) is 16.6 Å². The third-order valence-electron chi connectivity index (χ3n) is 8.02. The van der Waals surface area contributed by atoms with Crippen molar-refractivity contribution in [2.24, 2.45) is 20.0 Å². The van der Waals surface area contributed by atoms with Gasteiger partial charge in [0.1, 0.15) is 5.82 Å². The van der Waals surface area contributed by atoms with Crippen LogP contribution in [0.15, 0.2) is 27.8 Å². The fourth-order valence-electron chi connectivity index (χ4n) is 5.72. The number of anilines is 1. The maximum atomic E-state index is 14.8. The Hall–Kier alpha value is -3.18. The molecule has 2 saturated heterocycles. The number of likely N-dealkylation sites (tertiary alicyclic amines) is 1. The van der Waals surface area contributed by atoms with Crippen molar-refractivity contribution in [1.29, 1.82) is 0 Å². The van der Waals surface area contributed by atoms with Gasteiger partial charge in [0.15, 0.2) is 11.2 Å². The number of rotatable bonds is 5. The molecule has 3 aromatic rings. The van der Waals surface area contributed by atoms with E-state index in [9.17, 15) is 18.8 Å². The summed E-state index contributed by atoms with van der Waals surface area (Å²) < 4.78 is 18.8. The molecule has 0 saturated carbocycles. The molecule has 4 heterocycles. The van der Waals surface area contributed by atoms with E-state index in [1.54, 1.807) is 17.7 Å². The van der Waals surface area contributed by atoms with Gasteiger partial charge in [-0.15, -0.1) is 0 Å². The molecule has 2 atom stereocenters. The lowest BCUT2D eigenvalue weighted by Gasteiger charge is -2.36. The molecule has 0 spiro atoms. The predicted molar refractivity (Wildman–Crippen MR) is 144 cm³/mol. The molecule has 0 radical (unpaired) electrons. The van der Waals surface area contributed by atoms with Crippen LogP contribution in [0.4, 0.5) is 10.3 Å². The standard InChI is InChI=1S/C26H33ClFN7O3/c1-30-12-10-17(14-30)31(2)23(36)16-7-6-11-34(13-16)25-29-22-21(24(37)33(4)26(38)32(22)3)35(25)15-18-19(27)8-5-9-20(18)28/h5,8-9,16-17H,6-7,10-15H2,1-4H3. The third kappa shape index (κ3) is 4.51. The molecule has 2 aliphatic heterocycles. The van der Waals surface area contributed by atoms with Gasteiger partial charge in [-0.05, 0) is 45.0 Å². The molecule has 0 aliphatic carbocycles.